The van der Waals surface area contributed by atoms with Crippen LogP contribution < -0.4 is 0 Å². The van der Waals surface area contributed by atoms with Crippen molar-refractivity contribution in [3.8, 4) is 21.7 Å². The number of alkyl halides is 3. The monoisotopic (exact) mass is 599 g/mol. The summed E-state index contributed by atoms with van der Waals surface area (Å²) in [7, 11) is -2.97. The lowest BCUT2D eigenvalue weighted by Crippen LogP contribution is -2.18. The van der Waals surface area contributed by atoms with E-state index < -0.39 is 33.1 Å². The first kappa shape index (κ1) is 28.4. The highest BCUT2D eigenvalue weighted by Gasteiger charge is 2.36. The molecule has 12 heteroatoms. The van der Waals surface area contributed by atoms with Gasteiger partial charge in [0.15, 0.2) is 0 Å². The van der Waals surface area contributed by atoms with Crippen molar-refractivity contribution < 1.29 is 31.5 Å². The average molecular weight is 600 g/mol. The average Bonchev–Trinajstić information content (AvgIpc) is 3.65. The van der Waals surface area contributed by atoms with Gasteiger partial charge in [0.05, 0.1) is 10.4 Å². The van der Waals surface area contributed by atoms with Crippen LogP contribution in [0.15, 0.2) is 85.6 Å². The molecule has 1 atom stereocenters. The summed E-state index contributed by atoms with van der Waals surface area (Å²) in [5.74, 6) is -1.01. The van der Waals surface area contributed by atoms with Crippen molar-refractivity contribution in [1.29, 1.82) is 0 Å². The second-order valence-electron chi connectivity index (χ2n) is 9.38. The number of carboxylic acid groups (broad SMARTS) is 1. The summed E-state index contributed by atoms with van der Waals surface area (Å²) >= 11 is 1.01. The van der Waals surface area contributed by atoms with Crippen LogP contribution in [0.1, 0.15) is 27.8 Å². The van der Waals surface area contributed by atoms with E-state index in [1.807, 2.05) is 36.4 Å². The minimum atomic E-state index is -4.58. The molecule has 0 aliphatic carbocycles. The molecule has 0 saturated carbocycles. The second-order valence-corrected chi connectivity index (χ2v) is 12.4. The van der Waals surface area contributed by atoms with Gasteiger partial charge in [0.2, 0.25) is 0 Å². The van der Waals surface area contributed by atoms with Crippen molar-refractivity contribution >= 4 is 38.2 Å². The maximum absolute atomic E-state index is 14.0. The molecule has 0 amide bonds. The van der Waals surface area contributed by atoms with Gasteiger partial charge in [-0.1, -0.05) is 42.5 Å². The molecule has 2 aromatic carbocycles. The Hall–Kier alpha value is -4.16. The van der Waals surface area contributed by atoms with Crippen LogP contribution in [0, 0.1) is 0 Å². The molecule has 0 bridgehead atoms. The molecule has 0 aliphatic rings. The predicted octanol–water partition coefficient (Wildman–Crippen LogP) is 6.91. The normalized spacial score (nSPS) is 13.0. The molecule has 1 N–H and O–H groups in total. The summed E-state index contributed by atoms with van der Waals surface area (Å²) in [4.78, 5) is 12.1. The van der Waals surface area contributed by atoms with Crippen molar-refractivity contribution in [3.63, 3.8) is 0 Å². The Labute approximate surface area is 237 Å². The summed E-state index contributed by atoms with van der Waals surface area (Å²) in [6.45, 7) is 3.73. The highest BCUT2D eigenvalue weighted by molar-refractivity contribution is 7.90. The number of fused-ring (bicyclic) bond motifs is 1. The lowest BCUT2D eigenvalue weighted by atomic mass is 10.0. The number of thiophene rings is 1. The Bertz CT molecular complexity index is 1870. The molecule has 1 unspecified atom stereocenters. The van der Waals surface area contributed by atoms with Gasteiger partial charge in [-0.05, 0) is 53.4 Å². The number of carbonyl (C=O) groups is 1. The van der Waals surface area contributed by atoms with Crippen molar-refractivity contribution in [1.82, 2.24) is 13.8 Å². The number of aromatic nitrogens is 3. The van der Waals surface area contributed by atoms with E-state index in [-0.39, 0.29) is 18.5 Å². The van der Waals surface area contributed by atoms with Gasteiger partial charge in [0, 0.05) is 29.9 Å². The molecule has 0 spiro atoms. The van der Waals surface area contributed by atoms with Crippen LogP contribution in [-0.4, -0.2) is 33.2 Å². The molecule has 0 fully saturated rings. The van der Waals surface area contributed by atoms with Crippen LogP contribution in [0.4, 0.5) is 13.2 Å². The number of rotatable bonds is 9. The van der Waals surface area contributed by atoms with Crippen LogP contribution in [-0.2, 0) is 34.5 Å². The predicted molar refractivity (Wildman–Crippen MR) is 152 cm³/mol. The van der Waals surface area contributed by atoms with E-state index in [2.05, 4.69) is 11.7 Å². The maximum Gasteiger partial charge on any atom is 0.433 e. The number of halogens is 3. The largest absolute Gasteiger partial charge is 0.481 e. The molecule has 5 aromatic rings. The summed E-state index contributed by atoms with van der Waals surface area (Å²) in [5.41, 5.74) is 1.87. The fraction of sp³-hybridized carbons (Fsp3) is 0.172. The summed E-state index contributed by atoms with van der Waals surface area (Å²) < 4.78 is 69.8. The molecule has 0 saturated heterocycles. The molecule has 3 heterocycles. The number of hydrogen-bond donors (Lipinski definition) is 1. The fourth-order valence-electron chi connectivity index (χ4n) is 4.73. The molecule has 0 radical (unpaired) electrons. The van der Waals surface area contributed by atoms with E-state index in [1.54, 1.807) is 12.1 Å². The van der Waals surface area contributed by atoms with Gasteiger partial charge in [-0.3, -0.25) is 9.48 Å². The topological polar surface area (TPSA) is 94.2 Å². The Morgan fingerprint density at radius 2 is 1.83 bits per heavy atom. The van der Waals surface area contributed by atoms with Crippen molar-refractivity contribution in [2.75, 3.05) is 0 Å². The zero-order chi connectivity index (χ0) is 29.5. The van der Waals surface area contributed by atoms with E-state index in [9.17, 15) is 31.5 Å². The van der Waals surface area contributed by atoms with Crippen molar-refractivity contribution in [2.24, 2.45) is 7.05 Å². The van der Waals surface area contributed by atoms with E-state index >= 15 is 0 Å². The second kappa shape index (κ2) is 10.7. The standard InChI is InChI=1S/C29H24F3N3O4S2/c1-3-26(25-13-12-24(40-25)22-16-27(29(30,31)32)34(2)33-22)41(38,39)35-17-20(10-14-28(36)37)21-15-19(9-11-23(21)35)18-7-5-4-6-8-18/h3-9,11-13,15-17,26H,1,10,14H2,2H3,(H,36,37). The van der Waals surface area contributed by atoms with E-state index in [4.69, 9.17) is 0 Å². The molecular formula is C29H24F3N3O4S2. The lowest BCUT2D eigenvalue weighted by molar-refractivity contribution is -0.143. The van der Waals surface area contributed by atoms with Crippen LogP contribution in [0.2, 0.25) is 0 Å². The summed E-state index contributed by atoms with van der Waals surface area (Å²) in [6, 6.07) is 18.8. The van der Waals surface area contributed by atoms with Crippen molar-refractivity contribution in [3.05, 3.63) is 102 Å². The third-order valence-corrected chi connectivity index (χ3v) is 9.99. The SMILES string of the molecule is C=CC(c1ccc(-c2cc(C(F)(F)F)n(C)n2)s1)S(=O)(=O)n1cc(CCC(=O)O)c2cc(-c3ccccc3)ccc21. The highest BCUT2D eigenvalue weighted by atomic mass is 32.2. The van der Waals surface area contributed by atoms with E-state index in [0.717, 1.165) is 37.2 Å². The minimum Gasteiger partial charge on any atom is -0.481 e. The number of hydrogen-bond acceptors (Lipinski definition) is 5. The fourth-order valence-corrected chi connectivity index (χ4v) is 7.75. The number of benzene rings is 2. The smallest absolute Gasteiger partial charge is 0.433 e. The van der Waals surface area contributed by atoms with Gasteiger partial charge in [-0.25, -0.2) is 12.4 Å². The third kappa shape index (κ3) is 5.44. The van der Waals surface area contributed by atoms with Gasteiger partial charge in [-0.15, -0.1) is 17.9 Å². The summed E-state index contributed by atoms with van der Waals surface area (Å²) in [5, 5.41) is 12.6. The van der Waals surface area contributed by atoms with Gasteiger partial charge in [0.1, 0.15) is 16.6 Å². The number of carboxylic acids is 1. The zero-order valence-electron chi connectivity index (χ0n) is 21.7. The Morgan fingerprint density at radius 1 is 1.10 bits per heavy atom. The molecule has 0 aliphatic heterocycles. The molecule has 212 valence electrons. The quantitative estimate of drug-likeness (QED) is 0.186. The zero-order valence-corrected chi connectivity index (χ0v) is 23.3. The third-order valence-electron chi connectivity index (χ3n) is 6.71. The van der Waals surface area contributed by atoms with Gasteiger partial charge in [0.25, 0.3) is 10.0 Å². The van der Waals surface area contributed by atoms with Crippen molar-refractivity contribution in [2.45, 2.75) is 24.3 Å². The number of aliphatic carboxylic acids is 1. The first-order chi connectivity index (χ1) is 19.4. The van der Waals surface area contributed by atoms with Gasteiger partial charge in [-0.2, -0.15) is 18.3 Å². The Kier molecular flexibility index (Phi) is 7.39. The van der Waals surface area contributed by atoms with Crippen LogP contribution in [0.3, 0.4) is 0 Å². The van der Waals surface area contributed by atoms with E-state index in [1.165, 1.54) is 31.5 Å². The minimum absolute atomic E-state index is 0.0760. The number of aryl methyl sites for hydroxylation is 2. The molecule has 3 aromatic heterocycles. The highest BCUT2D eigenvalue weighted by Crippen LogP contribution is 2.39. The van der Waals surface area contributed by atoms with Gasteiger partial charge >= 0.3 is 12.1 Å². The van der Waals surface area contributed by atoms with E-state index in [0.29, 0.717) is 26.2 Å². The molecule has 7 nitrogen and oxygen atoms in total. The molecular weight excluding hydrogens is 575 g/mol. The van der Waals surface area contributed by atoms with Crippen LogP contribution >= 0.6 is 11.3 Å². The van der Waals surface area contributed by atoms with Crippen LogP contribution in [0.25, 0.3) is 32.6 Å². The van der Waals surface area contributed by atoms with Crippen LogP contribution in [0.5, 0.6) is 0 Å². The Morgan fingerprint density at radius 3 is 2.46 bits per heavy atom. The first-order valence-electron chi connectivity index (χ1n) is 12.4. The number of nitrogens with zero attached hydrogens (tertiary/aromatic N) is 3. The molecule has 5 rings (SSSR count). The lowest BCUT2D eigenvalue weighted by Gasteiger charge is -2.14. The van der Waals surface area contributed by atoms with Gasteiger partial charge < -0.3 is 5.11 Å². The summed E-state index contributed by atoms with van der Waals surface area (Å²) in [6.07, 6.45) is -1.93. The molecule has 41 heavy (non-hydrogen) atoms. The first-order valence-corrected chi connectivity index (χ1v) is 14.7. The maximum atomic E-state index is 14.0. The Balaban J connectivity index is 1.57.